The summed E-state index contributed by atoms with van der Waals surface area (Å²) in [5, 5.41) is 24.9. The fourth-order valence-corrected chi connectivity index (χ4v) is 3.20. The molecule has 0 fully saturated rings. The van der Waals surface area contributed by atoms with Crippen molar-refractivity contribution in [2.75, 3.05) is 0 Å². The zero-order valence-electron chi connectivity index (χ0n) is 12.5. The van der Waals surface area contributed by atoms with E-state index >= 15 is 0 Å². The molecule has 0 spiro atoms. The Hall–Kier alpha value is -3.00. The highest BCUT2D eigenvalue weighted by molar-refractivity contribution is 5.91. The zero-order chi connectivity index (χ0) is 15.8. The van der Waals surface area contributed by atoms with Crippen LogP contribution in [0.25, 0.3) is 21.5 Å². The molecule has 0 atom stereocenters. The summed E-state index contributed by atoms with van der Waals surface area (Å²) in [5.74, 6) is 0.520. The van der Waals surface area contributed by atoms with Crippen molar-refractivity contribution in [2.45, 2.75) is 6.42 Å². The van der Waals surface area contributed by atoms with E-state index in [-0.39, 0.29) is 11.5 Å². The van der Waals surface area contributed by atoms with Gasteiger partial charge < -0.3 is 10.2 Å². The van der Waals surface area contributed by atoms with Crippen molar-refractivity contribution in [1.82, 2.24) is 0 Å². The van der Waals surface area contributed by atoms with Gasteiger partial charge in [-0.15, -0.1) is 0 Å². The van der Waals surface area contributed by atoms with Crippen molar-refractivity contribution in [2.24, 2.45) is 0 Å². The van der Waals surface area contributed by atoms with E-state index in [1.165, 1.54) is 0 Å². The first kappa shape index (κ1) is 13.6. The number of aromatic hydroxyl groups is 2. The van der Waals surface area contributed by atoms with E-state index in [0.717, 1.165) is 32.7 Å². The average molecular weight is 302 g/mol. The molecule has 0 bridgehead atoms. The van der Waals surface area contributed by atoms with Crippen molar-refractivity contribution in [3.63, 3.8) is 0 Å². The Labute approximate surface area is 134 Å². The summed E-state index contributed by atoms with van der Waals surface area (Å²) in [7, 11) is 0. The predicted molar refractivity (Wildman–Crippen MR) is 94.0 cm³/mol. The largest absolute Gasteiger partial charge is 0.508 e. The smallest absolute Gasteiger partial charge is 0.119 e. The molecule has 112 valence electrons. The summed E-state index contributed by atoms with van der Waals surface area (Å²) in [6, 6.07) is 23.2. The lowest BCUT2D eigenvalue weighted by Crippen LogP contribution is -1.93. The van der Waals surface area contributed by atoms with Gasteiger partial charge in [-0.3, -0.25) is 0 Å². The molecule has 0 unspecified atom stereocenters. The summed E-state index contributed by atoms with van der Waals surface area (Å²) >= 11 is 0. The number of phenols is 2. The quantitative estimate of drug-likeness (QED) is 0.547. The molecule has 0 amide bonds. The van der Waals surface area contributed by atoms with Gasteiger partial charge in [0.1, 0.15) is 11.5 Å². The minimum Gasteiger partial charge on any atom is -0.508 e. The zero-order valence-corrected chi connectivity index (χ0v) is 12.5. The molecule has 0 aliphatic rings. The molecule has 2 heteroatoms. The summed E-state index contributed by atoms with van der Waals surface area (Å²) < 4.78 is 0. The summed E-state index contributed by atoms with van der Waals surface area (Å²) in [4.78, 5) is 0. The van der Waals surface area contributed by atoms with Crippen LogP contribution in [-0.4, -0.2) is 10.2 Å². The molecule has 4 rings (SSSR count). The fraction of sp³-hybridized carbons (Fsp3) is 0.0476. The number of fused-ring (bicyclic) bond motifs is 2. The lowest BCUT2D eigenvalue weighted by molar-refractivity contribution is 0.464. The molecular weight excluding hydrogens is 286 g/mol. The molecule has 0 aromatic heterocycles. The van der Waals surface area contributed by atoms with Gasteiger partial charge in [-0.05, 0) is 33.7 Å². The van der Waals surface area contributed by atoms with E-state index in [1.54, 1.807) is 12.1 Å². The van der Waals surface area contributed by atoms with Crippen molar-refractivity contribution in [3.05, 3.63) is 83.9 Å². The average Bonchev–Trinajstić information content (AvgIpc) is 2.59. The van der Waals surface area contributed by atoms with Crippen molar-refractivity contribution in [1.29, 1.82) is 0 Å². The van der Waals surface area contributed by atoms with E-state index in [9.17, 15) is 10.2 Å². The van der Waals surface area contributed by atoms with Crippen LogP contribution in [0.15, 0.2) is 72.8 Å². The second-order valence-corrected chi connectivity index (χ2v) is 5.75. The van der Waals surface area contributed by atoms with E-state index in [2.05, 4.69) is 0 Å². The molecule has 0 aliphatic heterocycles. The van der Waals surface area contributed by atoms with Gasteiger partial charge in [-0.1, -0.05) is 60.7 Å². The fourth-order valence-electron chi connectivity index (χ4n) is 3.20. The van der Waals surface area contributed by atoms with Crippen molar-refractivity contribution >= 4 is 21.5 Å². The molecule has 0 saturated heterocycles. The first-order valence-electron chi connectivity index (χ1n) is 7.63. The van der Waals surface area contributed by atoms with Crippen LogP contribution in [-0.2, 0) is 6.42 Å². The van der Waals surface area contributed by atoms with Gasteiger partial charge in [0, 0.05) is 17.5 Å². The van der Waals surface area contributed by atoms with Crippen LogP contribution in [0.1, 0.15) is 11.1 Å². The maximum absolute atomic E-state index is 10.4. The van der Waals surface area contributed by atoms with Crippen LogP contribution in [0.5, 0.6) is 11.5 Å². The molecule has 0 saturated carbocycles. The number of rotatable bonds is 2. The summed E-state index contributed by atoms with van der Waals surface area (Å²) in [6.45, 7) is 0. The third kappa shape index (κ3) is 2.29. The second kappa shape index (κ2) is 5.33. The molecular formula is C21H16O2. The first-order valence-corrected chi connectivity index (χ1v) is 7.63. The van der Waals surface area contributed by atoms with Crippen molar-refractivity contribution in [3.8, 4) is 11.5 Å². The van der Waals surface area contributed by atoms with Gasteiger partial charge in [0.05, 0.1) is 0 Å². The lowest BCUT2D eigenvalue weighted by atomic mass is 10.1. The third-order valence-electron chi connectivity index (χ3n) is 4.39. The second-order valence-electron chi connectivity index (χ2n) is 5.75. The van der Waals surface area contributed by atoms with Gasteiger partial charge in [-0.2, -0.15) is 0 Å². The highest BCUT2D eigenvalue weighted by Crippen LogP contribution is 2.34. The molecule has 4 aromatic carbocycles. The van der Waals surface area contributed by atoms with Gasteiger partial charge in [0.15, 0.2) is 0 Å². The Balaban J connectivity index is 1.95. The SMILES string of the molecule is Oc1ccc2ccccc2c1[14CH2]c1c(O)ccc2ccccc12. The number of hydrogen-bond acceptors (Lipinski definition) is 2. The van der Waals surface area contributed by atoms with E-state index in [4.69, 9.17) is 0 Å². The Morgan fingerprint density at radius 2 is 0.957 bits per heavy atom. The Kier molecular flexibility index (Phi) is 3.16. The van der Waals surface area contributed by atoms with Gasteiger partial charge in [0.2, 0.25) is 0 Å². The molecule has 2 N–H and O–H groups in total. The minimum atomic E-state index is 0.260. The molecule has 0 radical (unpaired) electrons. The summed E-state index contributed by atoms with van der Waals surface area (Å²) in [5.41, 5.74) is 1.68. The number of hydrogen-bond donors (Lipinski definition) is 2. The van der Waals surface area contributed by atoms with Gasteiger partial charge in [0.25, 0.3) is 0 Å². The van der Waals surface area contributed by atoms with Crippen LogP contribution < -0.4 is 0 Å². The number of benzene rings is 4. The Morgan fingerprint density at radius 3 is 1.43 bits per heavy atom. The highest BCUT2D eigenvalue weighted by atomic mass is 16.3. The van der Waals surface area contributed by atoms with Crippen LogP contribution in [0.4, 0.5) is 0 Å². The molecule has 23 heavy (non-hydrogen) atoms. The normalized spacial score (nSPS) is 11.1. The third-order valence-corrected chi connectivity index (χ3v) is 4.39. The first-order chi connectivity index (χ1) is 11.2. The monoisotopic (exact) mass is 302 g/mol. The van der Waals surface area contributed by atoms with E-state index < -0.39 is 0 Å². The minimum absolute atomic E-state index is 0.260. The van der Waals surface area contributed by atoms with Crippen molar-refractivity contribution < 1.29 is 10.2 Å². The maximum Gasteiger partial charge on any atom is 0.119 e. The van der Waals surface area contributed by atoms with Crippen LogP contribution in [0, 0.1) is 0 Å². The topological polar surface area (TPSA) is 40.5 Å². The lowest BCUT2D eigenvalue weighted by Gasteiger charge is -2.13. The Morgan fingerprint density at radius 1 is 0.522 bits per heavy atom. The predicted octanol–water partition coefficient (Wildman–Crippen LogP) is 5.00. The Bertz CT molecular complexity index is 935. The highest BCUT2D eigenvalue weighted by Gasteiger charge is 2.13. The standard InChI is InChI=1S/C21H16O2/c22-20-11-9-14-5-1-3-7-16(14)18(20)13-19-17-8-4-2-6-15(17)10-12-21(19)23/h1-12,22-23H,13H2/i13+2. The summed E-state index contributed by atoms with van der Waals surface area (Å²) in [6.07, 6.45) is 0.486. The van der Waals surface area contributed by atoms with Gasteiger partial charge in [-0.25, -0.2) is 0 Å². The van der Waals surface area contributed by atoms with E-state index in [1.807, 2.05) is 60.7 Å². The molecule has 0 heterocycles. The molecule has 0 aliphatic carbocycles. The number of phenolic OH excluding ortho intramolecular Hbond substituents is 2. The van der Waals surface area contributed by atoms with E-state index in [0.29, 0.717) is 6.42 Å². The van der Waals surface area contributed by atoms with Crippen LogP contribution in [0.3, 0.4) is 0 Å². The molecule has 4 aromatic rings. The van der Waals surface area contributed by atoms with Crippen LogP contribution >= 0.6 is 0 Å². The maximum atomic E-state index is 10.4. The van der Waals surface area contributed by atoms with Gasteiger partial charge >= 0.3 is 0 Å². The molecule has 2 nitrogen and oxygen atoms in total. The van der Waals surface area contributed by atoms with Crippen LogP contribution in [0.2, 0.25) is 0 Å².